The van der Waals surface area contributed by atoms with E-state index in [9.17, 15) is 5.11 Å². The molecule has 0 saturated heterocycles. The average molecular weight is 207 g/mol. The van der Waals surface area contributed by atoms with Crippen molar-refractivity contribution in [2.24, 2.45) is 0 Å². The second kappa shape index (κ2) is 5.28. The number of hydrogen-bond donors (Lipinski definition) is 1. The summed E-state index contributed by atoms with van der Waals surface area (Å²) in [5.41, 5.74) is 1.31. The van der Waals surface area contributed by atoms with Crippen LogP contribution < -0.4 is 5.59 Å². The number of aliphatic hydroxyl groups is 1. The zero-order valence-electron chi connectivity index (χ0n) is 9.66. The Bertz CT molecular complexity index is 310. The first-order chi connectivity index (χ1) is 6.97. The molecule has 0 atom stereocenters. The average Bonchev–Trinajstić information content (AvgIpc) is 2.11. The van der Waals surface area contributed by atoms with Crippen molar-refractivity contribution in [2.75, 3.05) is 13.2 Å². The van der Waals surface area contributed by atoms with Crippen molar-refractivity contribution in [2.45, 2.75) is 25.9 Å². The van der Waals surface area contributed by atoms with Crippen molar-refractivity contribution in [1.29, 1.82) is 0 Å². The van der Waals surface area contributed by atoms with Crippen molar-refractivity contribution < 1.29 is 9.84 Å². The van der Waals surface area contributed by atoms with Gasteiger partial charge in [-0.1, -0.05) is 12.1 Å². The standard InChI is InChI=1S/C11H18BNO2/c1-11(2,14)8-15-7-6-9-4-3-5-10(12)13-9/h3-5,14H,6-8,12H2,1-2H3. The molecule has 0 aliphatic carbocycles. The zero-order valence-corrected chi connectivity index (χ0v) is 9.66. The minimum Gasteiger partial charge on any atom is -0.388 e. The Morgan fingerprint density at radius 3 is 2.80 bits per heavy atom. The number of rotatable bonds is 5. The molecule has 4 heteroatoms. The van der Waals surface area contributed by atoms with Gasteiger partial charge in [0, 0.05) is 12.1 Å². The summed E-state index contributed by atoms with van der Waals surface area (Å²) in [6.07, 6.45) is 0.789. The van der Waals surface area contributed by atoms with Gasteiger partial charge in [0.15, 0.2) is 7.85 Å². The minimum absolute atomic E-state index is 0.360. The molecular formula is C11H18BNO2. The van der Waals surface area contributed by atoms with Crippen molar-refractivity contribution in [3.8, 4) is 0 Å². The summed E-state index contributed by atoms with van der Waals surface area (Å²) in [5, 5.41) is 9.42. The Hall–Kier alpha value is -0.865. The third-order valence-corrected chi connectivity index (χ3v) is 1.90. The van der Waals surface area contributed by atoms with Gasteiger partial charge in [-0.05, 0) is 25.5 Å². The maximum atomic E-state index is 9.42. The number of hydrogen-bond acceptors (Lipinski definition) is 3. The maximum absolute atomic E-state index is 9.42. The molecule has 1 N–H and O–H groups in total. The fourth-order valence-corrected chi connectivity index (χ4v) is 1.24. The van der Waals surface area contributed by atoms with Crippen LogP contribution in [-0.4, -0.2) is 36.8 Å². The van der Waals surface area contributed by atoms with Crippen LogP contribution in [0, 0.1) is 0 Å². The van der Waals surface area contributed by atoms with Crippen LogP contribution in [0.5, 0.6) is 0 Å². The first-order valence-electron chi connectivity index (χ1n) is 5.20. The molecule has 15 heavy (non-hydrogen) atoms. The van der Waals surface area contributed by atoms with Crippen molar-refractivity contribution >= 4 is 13.4 Å². The summed E-state index contributed by atoms with van der Waals surface area (Å²) >= 11 is 0. The van der Waals surface area contributed by atoms with E-state index in [4.69, 9.17) is 4.74 Å². The predicted molar refractivity (Wildman–Crippen MR) is 63.2 cm³/mol. The van der Waals surface area contributed by atoms with Crippen LogP contribution in [0.3, 0.4) is 0 Å². The molecule has 0 aromatic carbocycles. The molecule has 0 saturated carbocycles. The first-order valence-corrected chi connectivity index (χ1v) is 5.20. The second-order valence-corrected chi connectivity index (χ2v) is 4.39. The lowest BCUT2D eigenvalue weighted by Gasteiger charge is -2.16. The monoisotopic (exact) mass is 207 g/mol. The third-order valence-electron chi connectivity index (χ3n) is 1.90. The van der Waals surface area contributed by atoms with Gasteiger partial charge >= 0.3 is 0 Å². The highest BCUT2D eigenvalue weighted by molar-refractivity contribution is 6.30. The Morgan fingerprint density at radius 1 is 1.47 bits per heavy atom. The van der Waals surface area contributed by atoms with Crippen molar-refractivity contribution in [3.63, 3.8) is 0 Å². The lowest BCUT2D eigenvalue weighted by Crippen LogP contribution is -2.26. The van der Waals surface area contributed by atoms with E-state index in [1.165, 1.54) is 0 Å². The van der Waals surface area contributed by atoms with Crippen LogP contribution in [0.1, 0.15) is 19.5 Å². The van der Waals surface area contributed by atoms with Crippen LogP contribution in [0.4, 0.5) is 0 Å². The smallest absolute Gasteiger partial charge is 0.163 e. The fraction of sp³-hybridized carbons (Fsp3) is 0.545. The number of ether oxygens (including phenoxy) is 1. The van der Waals surface area contributed by atoms with Gasteiger partial charge in [-0.25, -0.2) is 0 Å². The van der Waals surface area contributed by atoms with Gasteiger partial charge < -0.3 is 9.84 Å². The SMILES string of the molecule is Bc1cccc(CCOCC(C)(C)O)n1. The Balaban J connectivity index is 2.26. The normalized spacial score (nSPS) is 11.7. The topological polar surface area (TPSA) is 42.4 Å². The molecule has 1 aromatic heterocycles. The van der Waals surface area contributed by atoms with Crippen molar-refractivity contribution in [3.05, 3.63) is 23.9 Å². The van der Waals surface area contributed by atoms with Crippen LogP contribution >= 0.6 is 0 Å². The Morgan fingerprint density at radius 2 is 2.20 bits per heavy atom. The first kappa shape index (κ1) is 12.2. The predicted octanol–water partition coefficient (Wildman–Crippen LogP) is -0.330. The van der Waals surface area contributed by atoms with Crippen LogP contribution in [-0.2, 0) is 11.2 Å². The third kappa shape index (κ3) is 5.55. The summed E-state index contributed by atoms with van der Waals surface area (Å²) < 4.78 is 5.35. The van der Waals surface area contributed by atoms with E-state index in [1.54, 1.807) is 13.8 Å². The summed E-state index contributed by atoms with van der Waals surface area (Å²) in [4.78, 5) is 4.36. The number of pyridine rings is 1. The second-order valence-electron chi connectivity index (χ2n) is 4.39. The van der Waals surface area contributed by atoms with Gasteiger partial charge in [0.05, 0.1) is 18.8 Å². The summed E-state index contributed by atoms with van der Waals surface area (Å²) in [5.74, 6) is 0. The lowest BCUT2D eigenvalue weighted by molar-refractivity contribution is -0.0199. The highest BCUT2D eigenvalue weighted by Gasteiger charge is 2.11. The van der Waals surface area contributed by atoms with E-state index in [-0.39, 0.29) is 0 Å². The van der Waals surface area contributed by atoms with Gasteiger partial charge in [0.1, 0.15) is 0 Å². The Kier molecular flexibility index (Phi) is 4.30. The quantitative estimate of drug-likeness (QED) is 0.531. The molecule has 0 bridgehead atoms. The summed E-state index contributed by atoms with van der Waals surface area (Å²) in [7, 11) is 1.97. The number of nitrogens with zero attached hydrogens (tertiary/aromatic N) is 1. The lowest BCUT2D eigenvalue weighted by atomic mass is 10.0. The summed E-state index contributed by atoms with van der Waals surface area (Å²) in [6.45, 7) is 4.43. The zero-order chi connectivity index (χ0) is 11.3. The molecule has 0 unspecified atom stereocenters. The molecule has 1 aromatic rings. The van der Waals surface area contributed by atoms with Gasteiger partial charge in [-0.2, -0.15) is 0 Å². The van der Waals surface area contributed by atoms with E-state index >= 15 is 0 Å². The molecule has 0 spiro atoms. The largest absolute Gasteiger partial charge is 0.388 e. The maximum Gasteiger partial charge on any atom is 0.163 e. The van der Waals surface area contributed by atoms with Gasteiger partial charge in [0.2, 0.25) is 0 Å². The molecule has 82 valence electrons. The van der Waals surface area contributed by atoms with Crippen LogP contribution in [0.15, 0.2) is 18.2 Å². The number of aromatic nitrogens is 1. The van der Waals surface area contributed by atoms with Crippen molar-refractivity contribution in [1.82, 2.24) is 4.98 Å². The molecule has 0 aliphatic rings. The molecule has 0 aliphatic heterocycles. The van der Waals surface area contributed by atoms with E-state index in [2.05, 4.69) is 4.98 Å². The van der Waals surface area contributed by atoms with Gasteiger partial charge in [0.25, 0.3) is 0 Å². The van der Waals surface area contributed by atoms with E-state index in [0.29, 0.717) is 13.2 Å². The fourth-order valence-electron chi connectivity index (χ4n) is 1.24. The molecule has 3 nitrogen and oxygen atoms in total. The Labute approximate surface area is 91.9 Å². The summed E-state index contributed by atoms with van der Waals surface area (Å²) in [6, 6.07) is 5.95. The molecule has 1 rings (SSSR count). The van der Waals surface area contributed by atoms with E-state index < -0.39 is 5.60 Å². The molecule has 0 fully saturated rings. The highest BCUT2D eigenvalue weighted by atomic mass is 16.5. The van der Waals surface area contributed by atoms with Crippen LogP contribution in [0.2, 0.25) is 0 Å². The van der Waals surface area contributed by atoms with Crippen LogP contribution in [0.25, 0.3) is 0 Å². The van der Waals surface area contributed by atoms with Gasteiger partial charge in [-0.3, -0.25) is 4.98 Å². The van der Waals surface area contributed by atoms with E-state index in [1.807, 2.05) is 26.0 Å². The molecule has 0 radical (unpaired) electrons. The minimum atomic E-state index is -0.750. The molecular weight excluding hydrogens is 189 g/mol. The molecule has 1 heterocycles. The highest BCUT2D eigenvalue weighted by Crippen LogP contribution is 2.01. The van der Waals surface area contributed by atoms with Gasteiger partial charge in [-0.15, -0.1) is 0 Å². The van der Waals surface area contributed by atoms with E-state index in [0.717, 1.165) is 17.7 Å². The molecule has 0 amide bonds.